The van der Waals surface area contributed by atoms with Crippen molar-refractivity contribution < 1.29 is 18.0 Å². The van der Waals surface area contributed by atoms with Crippen LogP contribution in [0.4, 0.5) is 0 Å². The quantitative estimate of drug-likeness (QED) is 0.717. The maximum atomic E-state index is 12.8. The van der Waals surface area contributed by atoms with Crippen LogP contribution in [0.15, 0.2) is 29.2 Å². The molecule has 1 unspecified atom stereocenters. The van der Waals surface area contributed by atoms with Crippen molar-refractivity contribution in [3.05, 3.63) is 29.8 Å². The molecule has 2 fully saturated rings. The molecule has 1 atom stereocenters. The Bertz CT molecular complexity index is 799. The van der Waals surface area contributed by atoms with Crippen LogP contribution in [0.1, 0.15) is 36.5 Å². The van der Waals surface area contributed by atoms with E-state index < -0.39 is 10.0 Å². The molecule has 1 aromatic rings. The molecule has 28 heavy (non-hydrogen) atoms. The molecular weight excluding hydrogens is 402 g/mol. The highest BCUT2D eigenvalue weighted by Crippen LogP contribution is 2.26. The third kappa shape index (κ3) is 4.74. The van der Waals surface area contributed by atoms with E-state index in [1.807, 2.05) is 11.9 Å². The van der Waals surface area contributed by atoms with E-state index >= 15 is 0 Å². The Balaban J connectivity index is 0.00000280. The minimum absolute atomic E-state index is 0. The summed E-state index contributed by atoms with van der Waals surface area (Å²) < 4.78 is 27.1. The fourth-order valence-electron chi connectivity index (χ4n) is 3.79. The Morgan fingerprint density at radius 2 is 1.71 bits per heavy atom. The van der Waals surface area contributed by atoms with Crippen LogP contribution in [-0.4, -0.2) is 68.6 Å². The lowest BCUT2D eigenvalue weighted by atomic mass is 9.96. The molecular formula is C19H28ClN3O4S. The molecule has 2 aliphatic heterocycles. The van der Waals surface area contributed by atoms with Crippen molar-refractivity contribution in [3.8, 4) is 0 Å². The summed E-state index contributed by atoms with van der Waals surface area (Å²) in [5, 5.41) is 3.26. The first-order valence-electron chi connectivity index (χ1n) is 9.39. The number of amides is 1. The fraction of sp³-hybridized carbons (Fsp3) is 0.579. The zero-order valence-electron chi connectivity index (χ0n) is 16.3. The summed E-state index contributed by atoms with van der Waals surface area (Å²) in [7, 11) is -1.76. The molecule has 0 bridgehead atoms. The minimum Gasteiger partial charge on any atom is -0.341 e. The van der Waals surface area contributed by atoms with E-state index in [1.54, 1.807) is 0 Å². The van der Waals surface area contributed by atoms with Gasteiger partial charge in [-0.3, -0.25) is 9.59 Å². The molecule has 2 heterocycles. The van der Waals surface area contributed by atoms with Crippen LogP contribution < -0.4 is 5.32 Å². The van der Waals surface area contributed by atoms with Gasteiger partial charge in [0, 0.05) is 44.2 Å². The summed E-state index contributed by atoms with van der Waals surface area (Å²) in [6.45, 7) is 3.88. The van der Waals surface area contributed by atoms with Crippen LogP contribution >= 0.6 is 12.4 Å². The van der Waals surface area contributed by atoms with Gasteiger partial charge in [-0.05, 0) is 44.9 Å². The Hall–Kier alpha value is -1.48. The largest absolute Gasteiger partial charge is 0.341 e. The number of carbonyl (C=O) groups excluding carboxylic acids is 2. The molecule has 0 aromatic heterocycles. The Kier molecular flexibility index (Phi) is 7.61. The van der Waals surface area contributed by atoms with Gasteiger partial charge < -0.3 is 10.2 Å². The second-order valence-corrected chi connectivity index (χ2v) is 9.29. The minimum atomic E-state index is -3.60. The summed E-state index contributed by atoms with van der Waals surface area (Å²) >= 11 is 0. The van der Waals surface area contributed by atoms with E-state index in [4.69, 9.17) is 0 Å². The predicted octanol–water partition coefficient (Wildman–Crippen LogP) is 1.53. The van der Waals surface area contributed by atoms with Crippen molar-refractivity contribution in [1.29, 1.82) is 0 Å². The molecule has 1 N–H and O–H groups in total. The SMILES string of the molecule is CC(=O)c1ccc(S(=O)(=O)N2CCC(C(=O)N(C)C3CCNC3)CC2)cc1.Cl. The third-order valence-electron chi connectivity index (χ3n) is 5.63. The van der Waals surface area contributed by atoms with Crippen molar-refractivity contribution in [2.24, 2.45) is 5.92 Å². The van der Waals surface area contributed by atoms with Gasteiger partial charge in [0.25, 0.3) is 0 Å². The topological polar surface area (TPSA) is 86.8 Å². The monoisotopic (exact) mass is 429 g/mol. The first-order valence-corrected chi connectivity index (χ1v) is 10.8. The summed E-state index contributed by atoms with van der Waals surface area (Å²) in [5.74, 6) is -0.103. The zero-order chi connectivity index (χ0) is 19.6. The summed E-state index contributed by atoms with van der Waals surface area (Å²) in [6, 6.07) is 6.26. The van der Waals surface area contributed by atoms with Gasteiger partial charge in [-0.15, -0.1) is 12.4 Å². The van der Waals surface area contributed by atoms with Gasteiger partial charge in [-0.25, -0.2) is 8.42 Å². The van der Waals surface area contributed by atoms with Crippen LogP contribution in [-0.2, 0) is 14.8 Å². The molecule has 1 amide bonds. The average Bonchev–Trinajstić information content (AvgIpc) is 3.21. The normalized spacial score (nSPS) is 21.1. The van der Waals surface area contributed by atoms with Gasteiger partial charge in [-0.1, -0.05) is 12.1 Å². The number of nitrogens with one attached hydrogen (secondary N) is 1. The Morgan fingerprint density at radius 1 is 1.11 bits per heavy atom. The standard InChI is InChI=1S/C19H27N3O4S.ClH/c1-14(23)15-3-5-18(6-4-15)27(25,26)22-11-8-16(9-12-22)19(24)21(2)17-7-10-20-13-17;/h3-6,16-17,20H,7-13H2,1-2H3;1H. The fourth-order valence-corrected chi connectivity index (χ4v) is 5.26. The maximum absolute atomic E-state index is 12.8. The highest BCUT2D eigenvalue weighted by molar-refractivity contribution is 7.89. The Morgan fingerprint density at radius 3 is 2.21 bits per heavy atom. The van der Waals surface area contributed by atoms with Crippen LogP contribution in [0, 0.1) is 5.92 Å². The lowest BCUT2D eigenvalue weighted by molar-refractivity contribution is -0.137. The number of Topliss-reactive ketones (excluding diaryl/α,β-unsaturated/α-hetero) is 1. The molecule has 3 rings (SSSR count). The second-order valence-electron chi connectivity index (χ2n) is 7.35. The van der Waals surface area contributed by atoms with E-state index in [2.05, 4.69) is 5.32 Å². The molecule has 156 valence electrons. The number of ketones is 1. The van der Waals surface area contributed by atoms with Gasteiger partial charge in [0.15, 0.2) is 5.78 Å². The van der Waals surface area contributed by atoms with Gasteiger partial charge >= 0.3 is 0 Å². The lowest BCUT2D eigenvalue weighted by Gasteiger charge is -2.34. The van der Waals surface area contributed by atoms with Crippen molar-refractivity contribution >= 4 is 34.1 Å². The highest BCUT2D eigenvalue weighted by Gasteiger charge is 2.35. The van der Waals surface area contributed by atoms with Gasteiger partial charge in [0.05, 0.1) is 4.90 Å². The molecule has 2 saturated heterocycles. The summed E-state index contributed by atoms with van der Waals surface area (Å²) in [6.07, 6.45) is 2.04. The zero-order valence-corrected chi connectivity index (χ0v) is 17.9. The number of piperidine rings is 1. The van der Waals surface area contributed by atoms with E-state index in [0.29, 0.717) is 31.5 Å². The maximum Gasteiger partial charge on any atom is 0.243 e. The predicted molar refractivity (Wildman–Crippen MR) is 109 cm³/mol. The lowest BCUT2D eigenvalue weighted by Crippen LogP contribution is -2.46. The number of sulfonamides is 1. The van der Waals surface area contributed by atoms with Crippen molar-refractivity contribution in [1.82, 2.24) is 14.5 Å². The number of likely N-dealkylation sites (N-methyl/N-ethyl adjacent to an activating group) is 1. The molecule has 9 heteroatoms. The van der Waals surface area contributed by atoms with Crippen molar-refractivity contribution in [2.45, 2.75) is 37.1 Å². The number of rotatable bonds is 5. The van der Waals surface area contributed by atoms with Crippen molar-refractivity contribution in [3.63, 3.8) is 0 Å². The second kappa shape index (κ2) is 9.35. The van der Waals surface area contributed by atoms with Gasteiger partial charge in [-0.2, -0.15) is 4.31 Å². The first kappa shape index (κ1) is 22.8. The summed E-state index contributed by atoms with van der Waals surface area (Å²) in [4.78, 5) is 26.1. The van der Waals surface area contributed by atoms with E-state index in [0.717, 1.165) is 19.5 Å². The van der Waals surface area contributed by atoms with Crippen LogP contribution in [0.25, 0.3) is 0 Å². The number of hydrogen-bond donors (Lipinski definition) is 1. The molecule has 2 aliphatic rings. The van der Waals surface area contributed by atoms with Crippen LogP contribution in [0.2, 0.25) is 0 Å². The van der Waals surface area contributed by atoms with Crippen molar-refractivity contribution in [2.75, 3.05) is 33.2 Å². The Labute approximate surface area is 172 Å². The number of nitrogens with zero attached hydrogens (tertiary/aromatic N) is 2. The number of halogens is 1. The molecule has 0 radical (unpaired) electrons. The molecule has 1 aromatic carbocycles. The summed E-state index contributed by atoms with van der Waals surface area (Å²) in [5.41, 5.74) is 0.489. The number of hydrogen-bond acceptors (Lipinski definition) is 5. The molecule has 0 saturated carbocycles. The number of carbonyl (C=O) groups is 2. The van der Waals surface area contributed by atoms with Gasteiger partial charge in [0.1, 0.15) is 0 Å². The van der Waals surface area contributed by atoms with E-state index in [-0.39, 0.29) is 41.0 Å². The van der Waals surface area contributed by atoms with E-state index in [9.17, 15) is 18.0 Å². The first-order chi connectivity index (χ1) is 12.8. The highest BCUT2D eigenvalue weighted by atomic mass is 35.5. The third-order valence-corrected chi connectivity index (χ3v) is 7.54. The molecule has 0 aliphatic carbocycles. The molecule has 0 spiro atoms. The average molecular weight is 430 g/mol. The van der Waals surface area contributed by atoms with Gasteiger partial charge in [0.2, 0.25) is 15.9 Å². The number of benzene rings is 1. The smallest absolute Gasteiger partial charge is 0.243 e. The van der Waals surface area contributed by atoms with Crippen LogP contribution in [0.5, 0.6) is 0 Å². The van der Waals surface area contributed by atoms with Crippen LogP contribution in [0.3, 0.4) is 0 Å². The molecule has 7 nitrogen and oxygen atoms in total. The van der Waals surface area contributed by atoms with E-state index in [1.165, 1.54) is 35.5 Å².